The van der Waals surface area contributed by atoms with Crippen molar-refractivity contribution < 1.29 is 0 Å². The van der Waals surface area contributed by atoms with Crippen LogP contribution in [0, 0.1) is 0 Å². The quantitative estimate of drug-likeness (QED) is 0.162. The molecule has 13 rings (SSSR count). The van der Waals surface area contributed by atoms with Gasteiger partial charge >= 0.3 is 0 Å². The summed E-state index contributed by atoms with van der Waals surface area (Å²) < 4.78 is 2.77. The summed E-state index contributed by atoms with van der Waals surface area (Å²) in [5.74, 6) is 0. The van der Waals surface area contributed by atoms with Crippen molar-refractivity contribution >= 4 is 78.0 Å². The maximum atomic E-state index is 2.78. The zero-order chi connectivity index (χ0) is 52.8. The normalized spacial score (nSPS) is 15.7. The highest BCUT2D eigenvalue weighted by molar-refractivity contribution is 7.33. The summed E-state index contributed by atoms with van der Waals surface area (Å²) >= 11 is 2.02. The lowest BCUT2D eigenvalue weighted by Crippen LogP contribution is -2.60. The Kier molecular flexibility index (Phi) is 11.1. The van der Waals surface area contributed by atoms with Crippen LogP contribution in [0.2, 0.25) is 0 Å². The Morgan fingerprint density at radius 3 is 1.58 bits per heavy atom. The fourth-order valence-corrected chi connectivity index (χ4v) is 14.9. The first-order valence-corrected chi connectivity index (χ1v) is 29.1. The fourth-order valence-electron chi connectivity index (χ4n) is 13.6. The Hall–Kier alpha value is -6.62. The van der Waals surface area contributed by atoms with Gasteiger partial charge in [-0.25, -0.2) is 0 Å². The number of fused-ring (bicyclic) bond motifs is 11. The van der Waals surface area contributed by atoms with Crippen LogP contribution in [-0.2, 0) is 27.1 Å². The Bertz CT molecular complexity index is 3760. The van der Waals surface area contributed by atoms with Gasteiger partial charge in [-0.1, -0.05) is 218 Å². The molecule has 2 aliphatic heterocycles. The second-order valence-electron chi connectivity index (χ2n) is 26.9. The molecule has 0 radical (unpaired) electrons. The van der Waals surface area contributed by atoms with E-state index in [2.05, 4.69) is 257 Å². The van der Waals surface area contributed by atoms with Crippen molar-refractivity contribution in [2.45, 2.75) is 142 Å². The zero-order valence-electron chi connectivity index (χ0n) is 47.0. The van der Waals surface area contributed by atoms with Crippen LogP contribution in [0.25, 0.3) is 43.5 Å². The summed E-state index contributed by atoms with van der Waals surface area (Å²) in [5, 5.41) is 1.35. The molecule has 0 amide bonds. The van der Waals surface area contributed by atoms with Gasteiger partial charge in [0, 0.05) is 48.6 Å². The molecule has 9 aromatic rings. The monoisotopic (exact) mass is 1010 g/mol. The number of benzene rings is 8. The van der Waals surface area contributed by atoms with Crippen molar-refractivity contribution in [2.75, 3.05) is 9.80 Å². The molecule has 2 aliphatic carbocycles. The van der Waals surface area contributed by atoms with Gasteiger partial charge in [0.15, 0.2) is 0 Å². The maximum absolute atomic E-state index is 2.78. The smallest absolute Gasteiger partial charge is 0.264 e. The third-order valence-corrected chi connectivity index (χ3v) is 19.1. The van der Waals surface area contributed by atoms with Crippen molar-refractivity contribution in [3.63, 3.8) is 0 Å². The Morgan fingerprint density at radius 1 is 0.434 bits per heavy atom. The molecule has 1 saturated carbocycles. The van der Waals surface area contributed by atoms with E-state index in [9.17, 15) is 0 Å². The molecule has 76 heavy (non-hydrogen) atoms. The van der Waals surface area contributed by atoms with E-state index in [1.807, 2.05) is 11.3 Å². The van der Waals surface area contributed by atoms with Gasteiger partial charge in [0.1, 0.15) is 0 Å². The molecule has 1 aromatic heterocycles. The molecule has 1 spiro atoms. The summed E-state index contributed by atoms with van der Waals surface area (Å²) in [4.78, 5) is 5.40. The van der Waals surface area contributed by atoms with Crippen LogP contribution in [0.5, 0.6) is 0 Å². The molecule has 0 N–H and O–H groups in total. The van der Waals surface area contributed by atoms with E-state index in [1.54, 1.807) is 0 Å². The summed E-state index contributed by atoms with van der Waals surface area (Å²) in [7, 11) is 0. The topological polar surface area (TPSA) is 6.48 Å². The number of hydrogen-bond donors (Lipinski definition) is 0. The standard InChI is InChI=1S/C72H73BN2S/c1-68(2,3)49-29-23-45(24-30-49)46-27-35-53(36-28-46)74-59-37-33-52(71(10,11)12)44-58(59)73-65-61(74)41-48(47-25-31-50(32-26-47)69(4,5)6)42-62(65)75(66-55-43-51(70(7,8)9)34-38-63(55)76-67(66)73)60-22-18-21-57-64(60)54-19-14-15-20-56(54)72(57)39-16-13-17-40-72/h14-15,18-38,41-44H,13,16-17,39-40H2,1-12H3. The number of nitrogens with zero attached hydrogens (tertiary/aromatic N) is 2. The van der Waals surface area contributed by atoms with Gasteiger partial charge < -0.3 is 9.80 Å². The van der Waals surface area contributed by atoms with Gasteiger partial charge in [0.2, 0.25) is 0 Å². The summed E-state index contributed by atoms with van der Waals surface area (Å²) in [6.07, 6.45) is 6.23. The molecule has 4 heteroatoms. The van der Waals surface area contributed by atoms with E-state index in [0.717, 1.165) is 5.69 Å². The van der Waals surface area contributed by atoms with Crippen molar-refractivity contribution in [3.8, 4) is 33.4 Å². The largest absolute Gasteiger partial charge is 0.311 e. The van der Waals surface area contributed by atoms with Gasteiger partial charge in [0.05, 0.1) is 11.4 Å². The predicted octanol–water partition coefficient (Wildman–Crippen LogP) is 18.7. The summed E-state index contributed by atoms with van der Waals surface area (Å²) in [6.45, 7) is 28.0. The third kappa shape index (κ3) is 7.70. The average molecular weight is 1010 g/mol. The van der Waals surface area contributed by atoms with E-state index in [0.29, 0.717) is 0 Å². The number of hydrogen-bond acceptors (Lipinski definition) is 3. The number of anilines is 6. The minimum Gasteiger partial charge on any atom is -0.311 e. The molecule has 2 nitrogen and oxygen atoms in total. The van der Waals surface area contributed by atoms with E-state index in [1.165, 1.54) is 153 Å². The molecule has 0 bridgehead atoms. The Balaban J connectivity index is 1.13. The lowest BCUT2D eigenvalue weighted by atomic mass is 9.36. The highest BCUT2D eigenvalue weighted by Gasteiger charge is 2.49. The SMILES string of the molecule is CC(C)(C)c1ccc(-c2ccc(N3c4ccc(C(C)(C)C)cc4B4c5sc6ccc(C(C)(C)C)cc6c5N(c5cccc6c5-c5ccccc5C65CCCCC5)c5cc(-c6ccc(C(C)(C)C)cc6)cc3c54)cc2)cc1. The molecule has 4 aliphatic rings. The lowest BCUT2D eigenvalue weighted by Gasteiger charge is -2.44. The second-order valence-corrected chi connectivity index (χ2v) is 28.0. The third-order valence-electron chi connectivity index (χ3n) is 17.9. The first-order chi connectivity index (χ1) is 36.2. The molecule has 0 saturated heterocycles. The Morgan fingerprint density at radius 2 is 0.961 bits per heavy atom. The first kappa shape index (κ1) is 49.0. The van der Waals surface area contributed by atoms with Crippen LogP contribution in [-0.4, -0.2) is 6.71 Å². The van der Waals surface area contributed by atoms with E-state index in [4.69, 9.17) is 0 Å². The second kappa shape index (κ2) is 17.2. The van der Waals surface area contributed by atoms with Crippen molar-refractivity contribution in [1.82, 2.24) is 0 Å². The molecule has 1 fully saturated rings. The van der Waals surface area contributed by atoms with Crippen LogP contribution in [0.3, 0.4) is 0 Å². The van der Waals surface area contributed by atoms with Crippen LogP contribution in [0.1, 0.15) is 149 Å². The molecule has 380 valence electrons. The lowest BCUT2D eigenvalue weighted by molar-refractivity contribution is 0.353. The van der Waals surface area contributed by atoms with Crippen molar-refractivity contribution in [1.29, 1.82) is 0 Å². The number of rotatable bonds is 4. The number of thiophene rings is 1. The highest BCUT2D eigenvalue weighted by atomic mass is 32.1. The van der Waals surface area contributed by atoms with Gasteiger partial charge in [-0.15, -0.1) is 11.3 Å². The predicted molar refractivity (Wildman–Crippen MR) is 331 cm³/mol. The van der Waals surface area contributed by atoms with Crippen LogP contribution < -0.4 is 25.5 Å². The van der Waals surface area contributed by atoms with Crippen LogP contribution in [0.4, 0.5) is 34.1 Å². The van der Waals surface area contributed by atoms with E-state index >= 15 is 0 Å². The maximum Gasteiger partial charge on any atom is 0.264 e. The molecule has 8 aromatic carbocycles. The Labute approximate surface area is 458 Å². The zero-order valence-corrected chi connectivity index (χ0v) is 47.8. The highest BCUT2D eigenvalue weighted by Crippen LogP contribution is 2.60. The molecule has 0 unspecified atom stereocenters. The molecular formula is C72H73BN2S. The molecular weight excluding hydrogens is 936 g/mol. The minimum atomic E-state index is -0.0470. The van der Waals surface area contributed by atoms with Gasteiger partial charge in [-0.2, -0.15) is 0 Å². The van der Waals surface area contributed by atoms with E-state index in [-0.39, 0.29) is 33.8 Å². The van der Waals surface area contributed by atoms with Gasteiger partial charge in [-0.3, -0.25) is 0 Å². The van der Waals surface area contributed by atoms with Gasteiger partial charge in [0.25, 0.3) is 6.71 Å². The molecule has 3 heterocycles. The first-order valence-electron chi connectivity index (χ1n) is 28.2. The van der Waals surface area contributed by atoms with Crippen LogP contribution >= 0.6 is 11.3 Å². The van der Waals surface area contributed by atoms with Gasteiger partial charge in [-0.05, 0) is 155 Å². The van der Waals surface area contributed by atoms with E-state index < -0.39 is 0 Å². The van der Waals surface area contributed by atoms with Crippen LogP contribution in [0.15, 0.2) is 164 Å². The summed E-state index contributed by atoms with van der Waals surface area (Å²) in [5.41, 5.74) is 26.6. The fraction of sp³-hybridized carbons (Fsp3) is 0.306. The van der Waals surface area contributed by atoms with Crippen molar-refractivity contribution in [2.24, 2.45) is 0 Å². The summed E-state index contributed by atoms with van der Waals surface area (Å²) in [6, 6.07) is 64.9. The van der Waals surface area contributed by atoms with Crippen molar-refractivity contribution in [3.05, 3.63) is 197 Å². The minimum absolute atomic E-state index is 0.00643. The molecule has 0 atom stereocenters. The average Bonchev–Trinajstić information content (AvgIpc) is 4.05.